The smallest absolute Gasteiger partial charge is 0.200 e. The maximum absolute atomic E-state index is 10.5. The zero-order valence-electron chi connectivity index (χ0n) is 18.0. The van der Waals surface area contributed by atoms with Crippen LogP contribution >= 0.6 is 0 Å². The largest absolute Gasteiger partial charge is 0.508 e. The van der Waals surface area contributed by atoms with Gasteiger partial charge in [-0.25, -0.2) is 9.98 Å². The van der Waals surface area contributed by atoms with Gasteiger partial charge in [-0.15, -0.1) is 0 Å². The predicted octanol–water partition coefficient (Wildman–Crippen LogP) is 5.28. The number of aromatic hydroxyl groups is 1. The Bertz CT molecular complexity index is 1080. The summed E-state index contributed by atoms with van der Waals surface area (Å²) in [5, 5.41) is 10.5. The Balaban J connectivity index is 1.52. The van der Waals surface area contributed by atoms with Crippen molar-refractivity contribution < 1.29 is 14.6 Å². The van der Waals surface area contributed by atoms with Gasteiger partial charge in [0.05, 0.1) is 0 Å². The minimum Gasteiger partial charge on any atom is -0.508 e. The average molecular weight is 427 g/mol. The van der Waals surface area contributed by atoms with E-state index in [2.05, 4.69) is 24.3 Å². The first-order valence-corrected chi connectivity index (χ1v) is 10.9. The summed E-state index contributed by atoms with van der Waals surface area (Å²) in [6.45, 7) is 2.99. The van der Waals surface area contributed by atoms with Crippen molar-refractivity contribution in [2.45, 2.75) is 25.4 Å². The molecule has 5 heteroatoms. The van der Waals surface area contributed by atoms with E-state index >= 15 is 0 Å². The van der Waals surface area contributed by atoms with Gasteiger partial charge in [0.15, 0.2) is 11.8 Å². The molecular weight excluding hydrogens is 400 g/mol. The number of phenols is 1. The number of phenolic OH excluding ortho intramolecular Hbond substituents is 1. The van der Waals surface area contributed by atoms with E-state index in [0.717, 1.165) is 16.7 Å². The van der Waals surface area contributed by atoms with Gasteiger partial charge < -0.3 is 14.6 Å². The predicted molar refractivity (Wildman–Crippen MR) is 125 cm³/mol. The lowest BCUT2D eigenvalue weighted by Crippen LogP contribution is -2.39. The fourth-order valence-corrected chi connectivity index (χ4v) is 4.33. The molecule has 2 atom stereocenters. The van der Waals surface area contributed by atoms with E-state index in [0.29, 0.717) is 31.4 Å². The van der Waals surface area contributed by atoms with Crippen molar-refractivity contribution in [3.63, 3.8) is 0 Å². The van der Waals surface area contributed by atoms with E-state index in [9.17, 15) is 5.11 Å². The highest BCUT2D eigenvalue weighted by atomic mass is 16.5. The van der Waals surface area contributed by atoms with Gasteiger partial charge in [0, 0.05) is 0 Å². The molecule has 0 bridgehead atoms. The lowest BCUT2D eigenvalue weighted by atomic mass is 9.82. The summed E-state index contributed by atoms with van der Waals surface area (Å²) in [7, 11) is 0. The summed E-state index contributed by atoms with van der Waals surface area (Å²) >= 11 is 0. The van der Waals surface area contributed by atoms with Crippen LogP contribution in [0.1, 0.15) is 35.7 Å². The molecule has 0 radical (unpaired) electrons. The topological polar surface area (TPSA) is 63.4 Å². The highest BCUT2D eigenvalue weighted by molar-refractivity contribution is 6.06. The number of ether oxygens (including phenoxy) is 2. The first kappa shape index (κ1) is 20.3. The van der Waals surface area contributed by atoms with Crippen LogP contribution in [0.3, 0.4) is 0 Å². The molecule has 5 nitrogen and oxygen atoms in total. The number of nitrogens with zero attached hydrogens (tertiary/aromatic N) is 2. The standard InChI is InChI=1S/C27H26N2O3/c1-27(16-21-14-8-9-15-24(21)30,25-28-22(17-31-25)19-10-4-2-5-11-19)26-29-23(18-32-26)20-12-6-3-7-13-20/h2-15,22-23,30H,16-18H2,1H3/t22-,23-/m0/s1. The molecule has 0 aromatic heterocycles. The van der Waals surface area contributed by atoms with Crippen molar-refractivity contribution in [1.82, 2.24) is 0 Å². The minimum absolute atomic E-state index is 0.0678. The fourth-order valence-electron chi connectivity index (χ4n) is 4.33. The third-order valence-corrected chi connectivity index (χ3v) is 6.15. The van der Waals surface area contributed by atoms with Gasteiger partial charge in [-0.1, -0.05) is 78.9 Å². The zero-order valence-corrected chi connectivity index (χ0v) is 18.0. The molecule has 5 rings (SSSR count). The molecule has 2 aliphatic rings. The van der Waals surface area contributed by atoms with Gasteiger partial charge in [0.1, 0.15) is 36.5 Å². The van der Waals surface area contributed by atoms with Gasteiger partial charge in [-0.2, -0.15) is 0 Å². The summed E-state index contributed by atoms with van der Waals surface area (Å²) < 4.78 is 12.3. The van der Waals surface area contributed by atoms with Crippen LogP contribution in [-0.4, -0.2) is 30.1 Å². The summed E-state index contributed by atoms with van der Waals surface area (Å²) in [6.07, 6.45) is 0.473. The van der Waals surface area contributed by atoms with Gasteiger partial charge in [-0.05, 0) is 36.1 Å². The van der Waals surface area contributed by atoms with Gasteiger partial charge >= 0.3 is 0 Å². The number of para-hydroxylation sites is 1. The van der Waals surface area contributed by atoms with E-state index in [-0.39, 0.29) is 17.8 Å². The molecule has 2 aliphatic heterocycles. The maximum atomic E-state index is 10.5. The third-order valence-electron chi connectivity index (χ3n) is 6.15. The second kappa shape index (κ2) is 8.50. The second-order valence-electron chi connectivity index (χ2n) is 8.48. The number of rotatable bonds is 6. The average Bonchev–Trinajstić information content (AvgIpc) is 3.53. The molecule has 3 aromatic rings. The summed E-state index contributed by atoms with van der Waals surface area (Å²) in [5.74, 6) is 1.44. The van der Waals surface area contributed by atoms with E-state index in [1.807, 2.05) is 61.5 Å². The molecule has 0 amide bonds. The van der Waals surface area contributed by atoms with Crippen molar-refractivity contribution >= 4 is 11.8 Å². The molecule has 3 aromatic carbocycles. The molecule has 32 heavy (non-hydrogen) atoms. The molecule has 1 N–H and O–H groups in total. The normalized spacial score (nSPS) is 20.3. The third kappa shape index (κ3) is 3.86. The highest BCUT2D eigenvalue weighted by Crippen LogP contribution is 2.39. The van der Waals surface area contributed by atoms with Crippen molar-refractivity contribution in [2.75, 3.05) is 13.2 Å². The quantitative estimate of drug-likeness (QED) is 0.583. The van der Waals surface area contributed by atoms with Gasteiger partial charge in [0.25, 0.3) is 0 Å². The molecule has 0 aliphatic carbocycles. The first-order valence-electron chi connectivity index (χ1n) is 10.9. The number of benzene rings is 3. The molecule has 0 spiro atoms. The molecule has 0 fully saturated rings. The van der Waals surface area contributed by atoms with Crippen LogP contribution in [-0.2, 0) is 15.9 Å². The SMILES string of the molecule is CC(Cc1ccccc1O)(C1=N[C@H](c2ccccc2)CO1)C1=N[C@H](c2ccccc2)CO1. The van der Waals surface area contributed by atoms with E-state index in [1.165, 1.54) is 0 Å². The maximum Gasteiger partial charge on any atom is 0.200 e. The van der Waals surface area contributed by atoms with Crippen LogP contribution in [0.15, 0.2) is 94.9 Å². The van der Waals surface area contributed by atoms with Crippen LogP contribution in [0.4, 0.5) is 0 Å². The molecule has 2 heterocycles. The van der Waals surface area contributed by atoms with Crippen molar-refractivity contribution in [1.29, 1.82) is 0 Å². The Morgan fingerprint density at radius 1 is 0.750 bits per heavy atom. The lowest BCUT2D eigenvalue weighted by Gasteiger charge is -2.28. The van der Waals surface area contributed by atoms with Crippen LogP contribution in [0.2, 0.25) is 0 Å². The lowest BCUT2D eigenvalue weighted by molar-refractivity contribution is 0.257. The van der Waals surface area contributed by atoms with Crippen LogP contribution < -0.4 is 0 Å². The van der Waals surface area contributed by atoms with Gasteiger partial charge in [-0.3, -0.25) is 0 Å². The molecule has 0 unspecified atom stereocenters. The van der Waals surface area contributed by atoms with E-state index < -0.39 is 5.41 Å². The summed E-state index contributed by atoms with van der Waals surface area (Å²) in [4.78, 5) is 9.90. The molecule has 162 valence electrons. The van der Waals surface area contributed by atoms with Crippen LogP contribution in [0.25, 0.3) is 0 Å². The van der Waals surface area contributed by atoms with E-state index in [4.69, 9.17) is 19.5 Å². The minimum atomic E-state index is -0.730. The number of aliphatic imine (C=N–C) groups is 2. The molecular formula is C27H26N2O3. The number of hydrogen-bond acceptors (Lipinski definition) is 5. The van der Waals surface area contributed by atoms with Crippen LogP contribution in [0.5, 0.6) is 5.75 Å². The van der Waals surface area contributed by atoms with E-state index in [1.54, 1.807) is 6.07 Å². The second-order valence-corrected chi connectivity index (χ2v) is 8.48. The van der Waals surface area contributed by atoms with Crippen molar-refractivity contribution in [3.8, 4) is 5.75 Å². The Hall–Kier alpha value is -3.60. The Kier molecular flexibility index (Phi) is 5.39. The van der Waals surface area contributed by atoms with Crippen molar-refractivity contribution in [3.05, 3.63) is 102 Å². The summed E-state index contributed by atoms with van der Waals surface area (Å²) in [5.41, 5.74) is 2.30. The number of hydrogen-bond donors (Lipinski definition) is 1. The Labute approximate surface area is 188 Å². The monoisotopic (exact) mass is 426 g/mol. The van der Waals surface area contributed by atoms with Crippen molar-refractivity contribution in [2.24, 2.45) is 15.4 Å². The van der Waals surface area contributed by atoms with Gasteiger partial charge in [0.2, 0.25) is 0 Å². The molecule has 0 saturated heterocycles. The zero-order chi connectivity index (χ0) is 22.0. The Morgan fingerprint density at radius 3 is 1.72 bits per heavy atom. The highest BCUT2D eigenvalue weighted by Gasteiger charge is 2.46. The first-order chi connectivity index (χ1) is 15.6. The van der Waals surface area contributed by atoms with Crippen LogP contribution in [0, 0.1) is 5.41 Å². The molecule has 0 saturated carbocycles. The Morgan fingerprint density at radius 2 is 1.22 bits per heavy atom. The fraction of sp³-hybridized carbons (Fsp3) is 0.259. The summed E-state index contributed by atoms with van der Waals surface area (Å²) in [6, 6.07) is 27.5.